The van der Waals surface area contributed by atoms with E-state index >= 15 is 0 Å². The molecule has 55 valence electrons. The van der Waals surface area contributed by atoms with E-state index in [2.05, 4.69) is 0 Å². The van der Waals surface area contributed by atoms with Crippen LogP contribution in [0.3, 0.4) is 0 Å². The molecule has 0 N–H and O–H groups in total. The van der Waals surface area contributed by atoms with E-state index in [0.717, 1.165) is 0 Å². The molecule has 6 nitrogen and oxygen atoms in total. The Bertz CT molecular complexity index is 73.7. The average molecular weight is 316 g/mol. The van der Waals surface area contributed by atoms with Crippen molar-refractivity contribution in [2.75, 3.05) is 0 Å². The molecule has 0 rings (SSSR count). The van der Waals surface area contributed by atoms with Crippen LogP contribution in [0, 0.1) is 0 Å². The van der Waals surface area contributed by atoms with Crippen molar-refractivity contribution in [2.45, 2.75) is 0 Å². The van der Waals surface area contributed by atoms with Gasteiger partial charge in [-0.2, -0.15) is 0 Å². The van der Waals surface area contributed by atoms with Crippen LogP contribution in [0.4, 0.5) is 9.59 Å². The van der Waals surface area contributed by atoms with Crippen molar-refractivity contribution in [1.29, 1.82) is 0 Å². The predicted molar refractivity (Wildman–Crippen MR) is 16.5 cm³/mol. The summed E-state index contributed by atoms with van der Waals surface area (Å²) in [6.45, 7) is 0. The van der Waals surface area contributed by atoms with Gasteiger partial charge in [-0.25, -0.2) is 0 Å². The van der Waals surface area contributed by atoms with Crippen molar-refractivity contribution < 1.29 is 46.8 Å². The third kappa shape index (κ3) is 1310. The maximum Gasteiger partial charge on any atom is 2.00 e. The van der Waals surface area contributed by atoms with E-state index in [1.54, 1.807) is 0 Å². The third-order valence-electron chi connectivity index (χ3n) is 0. The third-order valence-corrected chi connectivity index (χ3v) is 0. The molecule has 0 saturated heterocycles. The molecule has 0 aliphatic rings. The molecule has 0 bridgehead atoms. The number of carbonyl (C=O) groups excluding carboxylic acids is 2. The van der Waals surface area contributed by atoms with E-state index in [4.69, 9.17) is 30.0 Å². The molecular weight excluding hydrogens is 316 g/mol. The summed E-state index contributed by atoms with van der Waals surface area (Å²) in [4.78, 5) is 16.7. The molecule has 0 aromatic carbocycles. The summed E-state index contributed by atoms with van der Waals surface area (Å²) in [7, 11) is 0. The van der Waals surface area contributed by atoms with Crippen molar-refractivity contribution in [3.8, 4) is 0 Å². The minimum absolute atomic E-state index is 0. The molecule has 10 heavy (non-hydrogen) atoms. The van der Waals surface area contributed by atoms with Gasteiger partial charge in [0, 0.05) is 0 Å². The van der Waals surface area contributed by atoms with Crippen molar-refractivity contribution in [1.82, 2.24) is 0 Å². The van der Waals surface area contributed by atoms with E-state index in [-0.39, 0.29) is 65.7 Å². The zero-order valence-electron chi connectivity index (χ0n) is 4.49. The zero-order chi connectivity index (χ0) is 7.15. The Morgan fingerprint density at radius 1 is 0.800 bits per heavy atom. The van der Waals surface area contributed by atoms with Gasteiger partial charge < -0.3 is 30.0 Å². The molecule has 8 heteroatoms. The van der Waals surface area contributed by atoms with E-state index in [1.807, 2.05) is 0 Å². The van der Waals surface area contributed by atoms with Crippen LogP contribution < -0.4 is 20.4 Å². The van der Waals surface area contributed by atoms with Gasteiger partial charge in [-0.15, -0.1) is 0 Å². The second-order valence-corrected chi connectivity index (χ2v) is 0.500. The van der Waals surface area contributed by atoms with Gasteiger partial charge in [0.1, 0.15) is 0 Å². The Morgan fingerprint density at radius 2 is 0.800 bits per heavy atom. The van der Waals surface area contributed by atoms with Gasteiger partial charge in [0.05, 0.1) is 0 Å². The maximum atomic E-state index is 8.33. The molecule has 0 saturated carbocycles. The molecule has 0 amide bonds. The fraction of sp³-hybridized carbons (Fsp3) is 0. The Kier molecular flexibility index (Phi) is 36.6. The first-order chi connectivity index (χ1) is 3.46. The first-order valence-electron chi connectivity index (χ1n) is 1.22. The minimum atomic E-state index is -2.33. The van der Waals surface area contributed by atoms with Crippen molar-refractivity contribution in [2.24, 2.45) is 0 Å². The number of hydrogen-bond acceptors (Lipinski definition) is 6. The van der Waals surface area contributed by atoms with E-state index in [9.17, 15) is 0 Å². The maximum absolute atomic E-state index is 8.33. The summed E-state index contributed by atoms with van der Waals surface area (Å²) in [6.07, 6.45) is -4.67. The van der Waals surface area contributed by atoms with Crippen LogP contribution in [0.5, 0.6) is 0 Å². The second-order valence-electron chi connectivity index (χ2n) is 0.500. The number of rotatable bonds is 0. The van der Waals surface area contributed by atoms with Crippen molar-refractivity contribution >= 4 is 61.2 Å². The largest absolute Gasteiger partial charge is 2.00 e. The van der Waals surface area contributed by atoms with Crippen LogP contribution in [-0.2, 0) is 16.8 Å². The summed E-state index contributed by atoms with van der Waals surface area (Å²) in [5.74, 6) is 0. The molecular formula is C2BaCoO6. The normalized spacial score (nSPS) is 4.80. The average Bonchev–Trinajstić information content (AvgIpc) is 1.25. The second kappa shape index (κ2) is 16.3. The van der Waals surface area contributed by atoms with Gasteiger partial charge in [-0.3, -0.25) is 0 Å². The summed E-state index contributed by atoms with van der Waals surface area (Å²) in [6, 6.07) is 0. The fourth-order valence-corrected chi connectivity index (χ4v) is 0. The SMILES string of the molecule is O=C([O-])[O-].O=C([O-])[O-].[Ba+2].[Co+2]. The summed E-state index contributed by atoms with van der Waals surface area (Å²) in [5, 5.41) is 33.3. The summed E-state index contributed by atoms with van der Waals surface area (Å²) >= 11 is 0. The van der Waals surface area contributed by atoms with E-state index < -0.39 is 12.3 Å². The fourth-order valence-electron chi connectivity index (χ4n) is 0. The quantitative estimate of drug-likeness (QED) is 0.411. The Balaban J connectivity index is -0.0000000300. The number of carboxylic acid groups (broad SMARTS) is 4. The first-order valence-corrected chi connectivity index (χ1v) is 1.22. The Hall–Kier alpha value is 0.618. The smallest absolute Gasteiger partial charge is 0.652 e. The Labute approximate surface area is 107 Å². The van der Waals surface area contributed by atoms with E-state index in [1.165, 1.54) is 0 Å². The van der Waals surface area contributed by atoms with Gasteiger partial charge >= 0.3 is 65.7 Å². The standard InChI is InChI=1S/2CH2O3.Ba.Co/c2*2-1(3)4;;/h2*(H2,2,3,4);;/q;;2*+2/p-4. The monoisotopic (exact) mass is 317 g/mol. The van der Waals surface area contributed by atoms with Crippen LogP contribution in [0.15, 0.2) is 0 Å². The molecule has 0 aliphatic carbocycles. The molecule has 0 aliphatic heterocycles. The van der Waals surface area contributed by atoms with Gasteiger partial charge in [0.15, 0.2) is 0 Å². The zero-order valence-corrected chi connectivity index (χ0v) is 9.97. The summed E-state index contributed by atoms with van der Waals surface area (Å²) in [5.41, 5.74) is 0. The van der Waals surface area contributed by atoms with E-state index in [0.29, 0.717) is 0 Å². The minimum Gasteiger partial charge on any atom is -0.652 e. The first kappa shape index (κ1) is 22.4. The molecule has 0 aromatic rings. The van der Waals surface area contributed by atoms with Crippen LogP contribution in [-0.4, -0.2) is 61.2 Å². The topological polar surface area (TPSA) is 126 Å². The van der Waals surface area contributed by atoms with Crippen LogP contribution in [0.2, 0.25) is 0 Å². The molecule has 1 radical (unpaired) electrons. The van der Waals surface area contributed by atoms with Crippen LogP contribution >= 0.6 is 0 Å². The predicted octanol–water partition coefficient (Wildman–Crippen LogP) is -5.28. The van der Waals surface area contributed by atoms with Crippen molar-refractivity contribution in [3.05, 3.63) is 0 Å². The molecule has 0 atom stereocenters. The molecule has 0 aromatic heterocycles. The molecule has 0 unspecified atom stereocenters. The van der Waals surface area contributed by atoms with Crippen LogP contribution in [0.25, 0.3) is 0 Å². The van der Waals surface area contributed by atoms with Gasteiger partial charge in [-0.05, 0) is 12.3 Å². The molecule has 0 fully saturated rings. The number of carbonyl (C=O) groups is 2. The molecule has 0 spiro atoms. The van der Waals surface area contributed by atoms with Gasteiger partial charge in [0.25, 0.3) is 0 Å². The Morgan fingerprint density at radius 3 is 0.800 bits per heavy atom. The number of hydrogen-bond donors (Lipinski definition) is 0. The van der Waals surface area contributed by atoms with Crippen LogP contribution in [0.1, 0.15) is 0 Å². The molecule has 0 heterocycles. The summed E-state index contributed by atoms with van der Waals surface area (Å²) < 4.78 is 0. The van der Waals surface area contributed by atoms with Crippen molar-refractivity contribution in [3.63, 3.8) is 0 Å². The van der Waals surface area contributed by atoms with Gasteiger partial charge in [-0.1, -0.05) is 0 Å². The van der Waals surface area contributed by atoms with Gasteiger partial charge in [0.2, 0.25) is 0 Å².